The Labute approximate surface area is 87.9 Å². The van der Waals surface area contributed by atoms with Crippen LogP contribution in [-0.2, 0) is 4.74 Å². The van der Waals surface area contributed by atoms with Gasteiger partial charge in [-0.05, 0) is 24.8 Å². The molecule has 1 saturated carbocycles. The van der Waals surface area contributed by atoms with Gasteiger partial charge >= 0.3 is 0 Å². The number of aliphatic hydroxyl groups is 1. The fourth-order valence-corrected chi connectivity index (χ4v) is 2.25. The zero-order valence-corrected chi connectivity index (χ0v) is 8.59. The lowest BCUT2D eigenvalue weighted by Gasteiger charge is -2.31. The second-order valence-corrected chi connectivity index (χ2v) is 4.38. The summed E-state index contributed by atoms with van der Waals surface area (Å²) in [6, 6.07) is 0. The largest absolute Gasteiger partial charge is 0.495 e. The monoisotopic (exact) mass is 218 g/mol. The van der Waals surface area contributed by atoms with Crippen LogP contribution in [0.3, 0.4) is 0 Å². The van der Waals surface area contributed by atoms with Gasteiger partial charge in [-0.15, -0.1) is 0 Å². The van der Waals surface area contributed by atoms with E-state index in [4.69, 9.17) is 4.74 Å². The van der Waals surface area contributed by atoms with Crippen LogP contribution < -0.4 is 0 Å². The van der Waals surface area contributed by atoms with Crippen molar-refractivity contribution in [3.05, 3.63) is 11.8 Å². The highest BCUT2D eigenvalue weighted by Gasteiger charge is 2.38. The Morgan fingerprint density at radius 3 is 2.60 bits per heavy atom. The first-order valence-corrected chi connectivity index (χ1v) is 5.47. The molecule has 0 aromatic heterocycles. The molecule has 1 unspecified atom stereocenters. The molecule has 1 atom stereocenters. The van der Waals surface area contributed by atoms with E-state index in [1.54, 1.807) is 0 Å². The number of alkyl halides is 2. The molecule has 1 fully saturated rings. The maximum Gasteiger partial charge on any atom is 0.248 e. The molecule has 0 aromatic rings. The molecule has 1 aliphatic carbocycles. The van der Waals surface area contributed by atoms with Crippen molar-refractivity contribution in [3.8, 4) is 0 Å². The second kappa shape index (κ2) is 4.08. The fraction of sp³-hybridized carbons (Fsp3) is 0.818. The van der Waals surface area contributed by atoms with Crippen LogP contribution in [0, 0.1) is 5.92 Å². The molecule has 0 spiro atoms. The second-order valence-electron chi connectivity index (χ2n) is 4.38. The highest BCUT2D eigenvalue weighted by Crippen LogP contribution is 2.39. The summed E-state index contributed by atoms with van der Waals surface area (Å²) in [6.07, 6.45) is 2.55. The molecule has 0 saturated heterocycles. The van der Waals surface area contributed by atoms with E-state index in [0.717, 1.165) is 6.42 Å². The van der Waals surface area contributed by atoms with Gasteiger partial charge in [0.1, 0.15) is 11.9 Å². The van der Waals surface area contributed by atoms with Crippen molar-refractivity contribution in [1.82, 2.24) is 0 Å². The van der Waals surface area contributed by atoms with Crippen LogP contribution >= 0.6 is 0 Å². The molecule has 1 heterocycles. The predicted octanol–water partition coefficient (Wildman–Crippen LogP) is 2.48. The lowest BCUT2D eigenvalue weighted by molar-refractivity contribution is -0.0628. The molecule has 4 heteroatoms. The van der Waals surface area contributed by atoms with Crippen LogP contribution in [0.4, 0.5) is 8.78 Å². The van der Waals surface area contributed by atoms with E-state index in [2.05, 4.69) is 0 Å². The van der Waals surface area contributed by atoms with Gasteiger partial charge in [0.2, 0.25) is 5.92 Å². The lowest BCUT2D eigenvalue weighted by Crippen LogP contribution is -2.32. The molecule has 86 valence electrons. The predicted molar refractivity (Wildman–Crippen MR) is 51.6 cm³/mol. The molecule has 1 N–H and O–H groups in total. The number of hydrogen-bond donors (Lipinski definition) is 1. The van der Waals surface area contributed by atoms with Gasteiger partial charge in [-0.2, -0.15) is 0 Å². The molecule has 0 aromatic carbocycles. The quantitative estimate of drug-likeness (QED) is 0.771. The first-order chi connectivity index (χ1) is 7.08. The van der Waals surface area contributed by atoms with Gasteiger partial charge in [-0.25, -0.2) is 8.78 Å². The summed E-state index contributed by atoms with van der Waals surface area (Å²) in [6.45, 7) is 0.606. The normalized spacial score (nSPS) is 28.3. The van der Waals surface area contributed by atoms with E-state index in [1.165, 1.54) is 0 Å². The maximum atomic E-state index is 12.9. The number of aliphatic hydroxyl groups excluding tert-OH is 1. The summed E-state index contributed by atoms with van der Waals surface area (Å²) in [4.78, 5) is 0. The Morgan fingerprint density at radius 2 is 2.07 bits per heavy atom. The maximum absolute atomic E-state index is 12.9. The Kier molecular flexibility index (Phi) is 2.96. The summed E-state index contributed by atoms with van der Waals surface area (Å²) in [5, 5.41) is 9.91. The summed E-state index contributed by atoms with van der Waals surface area (Å²) in [7, 11) is 0. The molecular formula is C11H16F2O2. The van der Waals surface area contributed by atoms with Gasteiger partial charge in [0.25, 0.3) is 0 Å². The van der Waals surface area contributed by atoms with Crippen LogP contribution in [0.25, 0.3) is 0 Å². The van der Waals surface area contributed by atoms with Crippen molar-refractivity contribution in [2.75, 3.05) is 6.61 Å². The molecule has 2 aliphatic rings. The minimum atomic E-state index is -2.53. The topological polar surface area (TPSA) is 29.5 Å². The number of ether oxygens (including phenoxy) is 1. The third-order valence-corrected chi connectivity index (χ3v) is 3.23. The minimum Gasteiger partial charge on any atom is -0.495 e. The Bertz CT molecular complexity index is 253. The first-order valence-electron chi connectivity index (χ1n) is 5.47. The van der Waals surface area contributed by atoms with E-state index >= 15 is 0 Å². The lowest BCUT2D eigenvalue weighted by atomic mass is 9.82. The summed E-state index contributed by atoms with van der Waals surface area (Å²) in [5.74, 6) is -2.00. The minimum absolute atomic E-state index is 0.0611. The van der Waals surface area contributed by atoms with Crippen molar-refractivity contribution in [2.24, 2.45) is 5.92 Å². The zero-order valence-electron chi connectivity index (χ0n) is 8.59. The van der Waals surface area contributed by atoms with Crippen LogP contribution in [0.1, 0.15) is 32.1 Å². The number of hydrogen-bond acceptors (Lipinski definition) is 2. The number of rotatable bonds is 2. The van der Waals surface area contributed by atoms with E-state index < -0.39 is 12.0 Å². The Morgan fingerprint density at radius 1 is 1.40 bits per heavy atom. The summed E-state index contributed by atoms with van der Waals surface area (Å²) in [5.41, 5.74) is 0. The molecular weight excluding hydrogens is 202 g/mol. The Balaban J connectivity index is 1.90. The van der Waals surface area contributed by atoms with Gasteiger partial charge in [-0.3, -0.25) is 0 Å². The molecule has 15 heavy (non-hydrogen) atoms. The van der Waals surface area contributed by atoms with Gasteiger partial charge in [0.15, 0.2) is 0 Å². The number of halogens is 2. The fourth-order valence-electron chi connectivity index (χ4n) is 2.25. The average Bonchev–Trinajstić information content (AvgIpc) is 2.69. The van der Waals surface area contributed by atoms with E-state index in [0.29, 0.717) is 25.2 Å². The van der Waals surface area contributed by atoms with Crippen LogP contribution in [-0.4, -0.2) is 23.7 Å². The van der Waals surface area contributed by atoms with Crippen molar-refractivity contribution in [1.29, 1.82) is 0 Å². The molecule has 0 bridgehead atoms. The van der Waals surface area contributed by atoms with Gasteiger partial charge in [0.05, 0.1) is 6.61 Å². The van der Waals surface area contributed by atoms with E-state index in [9.17, 15) is 13.9 Å². The molecule has 2 nitrogen and oxygen atoms in total. The van der Waals surface area contributed by atoms with Crippen LogP contribution in [0.5, 0.6) is 0 Å². The smallest absolute Gasteiger partial charge is 0.248 e. The van der Waals surface area contributed by atoms with Crippen molar-refractivity contribution >= 4 is 0 Å². The highest BCUT2D eigenvalue weighted by atomic mass is 19.3. The molecule has 1 aliphatic heterocycles. The molecule has 0 amide bonds. The van der Waals surface area contributed by atoms with Crippen LogP contribution in [0.15, 0.2) is 11.8 Å². The van der Waals surface area contributed by atoms with Gasteiger partial charge in [0, 0.05) is 19.3 Å². The summed E-state index contributed by atoms with van der Waals surface area (Å²) < 4.78 is 31.0. The van der Waals surface area contributed by atoms with Crippen molar-refractivity contribution in [2.45, 2.75) is 44.1 Å². The van der Waals surface area contributed by atoms with Crippen molar-refractivity contribution < 1.29 is 18.6 Å². The Hall–Kier alpha value is -0.640. The molecule has 0 radical (unpaired) electrons. The van der Waals surface area contributed by atoms with E-state index in [-0.39, 0.29) is 18.8 Å². The highest BCUT2D eigenvalue weighted by molar-refractivity contribution is 5.06. The molecule has 2 rings (SSSR count). The first kappa shape index (κ1) is 10.9. The third-order valence-electron chi connectivity index (χ3n) is 3.23. The van der Waals surface area contributed by atoms with E-state index in [1.807, 2.05) is 6.08 Å². The third kappa shape index (κ3) is 2.48. The average molecular weight is 218 g/mol. The van der Waals surface area contributed by atoms with Crippen molar-refractivity contribution in [3.63, 3.8) is 0 Å². The van der Waals surface area contributed by atoms with Gasteiger partial charge in [-0.1, -0.05) is 0 Å². The van der Waals surface area contributed by atoms with Crippen LogP contribution in [0.2, 0.25) is 0 Å². The zero-order chi connectivity index (χ0) is 10.9. The SMILES string of the molecule is OC(C1=CCCO1)C1CCC(F)(F)CC1. The standard InChI is InChI=1S/C11H16F2O2/c12-11(13)5-3-8(4-6-11)10(14)9-2-1-7-15-9/h2,8,10,14H,1,3-7H2. The van der Waals surface area contributed by atoms with Gasteiger partial charge < -0.3 is 9.84 Å². The summed E-state index contributed by atoms with van der Waals surface area (Å²) >= 11 is 0.